The Bertz CT molecular complexity index is 824. The average Bonchev–Trinajstić information content (AvgIpc) is 2.44. The lowest BCUT2D eigenvalue weighted by Crippen LogP contribution is -2.29. The summed E-state index contributed by atoms with van der Waals surface area (Å²) >= 11 is 0. The van der Waals surface area contributed by atoms with Crippen molar-refractivity contribution in [2.24, 2.45) is 0 Å². The molecule has 19 heavy (non-hydrogen) atoms. The predicted molar refractivity (Wildman–Crippen MR) is 73.3 cm³/mol. The van der Waals surface area contributed by atoms with Crippen LogP contribution in [0.4, 0.5) is 0 Å². The lowest BCUT2D eigenvalue weighted by molar-refractivity contribution is 0.476. The van der Waals surface area contributed by atoms with Gasteiger partial charge in [0.05, 0.1) is 16.5 Å². The number of aromatic nitrogens is 2. The number of para-hydroxylation sites is 2. The van der Waals surface area contributed by atoms with Crippen LogP contribution in [0.3, 0.4) is 0 Å². The van der Waals surface area contributed by atoms with Gasteiger partial charge in [0.1, 0.15) is 5.75 Å². The van der Waals surface area contributed by atoms with Crippen molar-refractivity contribution < 1.29 is 5.11 Å². The molecule has 0 aliphatic rings. The molecule has 3 N–H and O–H groups in total. The molecule has 94 valence electrons. The van der Waals surface area contributed by atoms with Crippen LogP contribution >= 0.6 is 0 Å². The first-order valence-corrected chi connectivity index (χ1v) is 5.74. The molecule has 1 heterocycles. The maximum atomic E-state index is 12.2. The molecule has 0 atom stereocenters. The van der Waals surface area contributed by atoms with E-state index in [0.717, 1.165) is 4.68 Å². The van der Waals surface area contributed by atoms with Gasteiger partial charge in [-0.05, 0) is 24.3 Å². The lowest BCUT2D eigenvalue weighted by Gasteiger charge is -2.09. The van der Waals surface area contributed by atoms with E-state index in [2.05, 4.69) is 4.98 Å². The third-order valence-electron chi connectivity index (χ3n) is 2.95. The minimum absolute atomic E-state index is 0.0314. The van der Waals surface area contributed by atoms with Gasteiger partial charge in [-0.3, -0.25) is 4.79 Å². The van der Waals surface area contributed by atoms with Gasteiger partial charge in [0, 0.05) is 0 Å². The third-order valence-corrected chi connectivity index (χ3v) is 2.95. The van der Waals surface area contributed by atoms with Crippen molar-refractivity contribution in [3.63, 3.8) is 0 Å². The highest BCUT2D eigenvalue weighted by atomic mass is 16.3. The second-order valence-corrected chi connectivity index (χ2v) is 4.14. The molecule has 0 saturated heterocycles. The molecular weight excluding hydrogens is 242 g/mol. The highest BCUT2D eigenvalue weighted by molar-refractivity contribution is 5.80. The van der Waals surface area contributed by atoms with Gasteiger partial charge in [0.25, 0.3) is 5.56 Å². The molecule has 0 amide bonds. The van der Waals surface area contributed by atoms with Crippen molar-refractivity contribution in [1.29, 1.82) is 0 Å². The van der Waals surface area contributed by atoms with Crippen LogP contribution < -0.4 is 11.4 Å². The second-order valence-electron chi connectivity index (χ2n) is 4.14. The Kier molecular flexibility index (Phi) is 2.45. The molecule has 2 aromatic carbocycles. The first-order valence-electron chi connectivity index (χ1n) is 5.74. The molecule has 5 nitrogen and oxygen atoms in total. The Balaban J connectivity index is 2.40. The minimum atomic E-state index is -0.344. The van der Waals surface area contributed by atoms with Crippen LogP contribution in [-0.4, -0.2) is 14.8 Å². The van der Waals surface area contributed by atoms with Gasteiger partial charge in [0.15, 0.2) is 5.82 Å². The number of rotatable bonds is 1. The lowest BCUT2D eigenvalue weighted by atomic mass is 10.1. The third kappa shape index (κ3) is 1.72. The van der Waals surface area contributed by atoms with Crippen molar-refractivity contribution in [3.8, 4) is 17.1 Å². The molecule has 1 aromatic heterocycles. The van der Waals surface area contributed by atoms with Gasteiger partial charge >= 0.3 is 0 Å². The van der Waals surface area contributed by atoms with Crippen LogP contribution in [0.25, 0.3) is 22.3 Å². The molecule has 0 spiro atoms. The van der Waals surface area contributed by atoms with Gasteiger partial charge in [0.2, 0.25) is 0 Å². The molecule has 3 aromatic rings. The average molecular weight is 253 g/mol. The first-order chi connectivity index (χ1) is 9.18. The Morgan fingerprint density at radius 3 is 2.53 bits per heavy atom. The SMILES string of the molecule is Nn1c(-c2ccccc2O)nc2ccccc2c1=O. The van der Waals surface area contributed by atoms with E-state index in [1.807, 2.05) is 0 Å². The van der Waals surface area contributed by atoms with Gasteiger partial charge in [-0.1, -0.05) is 24.3 Å². The van der Waals surface area contributed by atoms with Crippen molar-refractivity contribution in [2.45, 2.75) is 0 Å². The number of nitrogen functional groups attached to an aromatic ring is 1. The number of aromatic hydroxyl groups is 1. The normalized spacial score (nSPS) is 10.7. The summed E-state index contributed by atoms with van der Waals surface area (Å²) in [5.41, 5.74) is 0.629. The highest BCUT2D eigenvalue weighted by Crippen LogP contribution is 2.26. The molecule has 0 unspecified atom stereocenters. The number of fused-ring (bicyclic) bond motifs is 1. The maximum Gasteiger partial charge on any atom is 0.280 e. The summed E-state index contributed by atoms with van der Waals surface area (Å²) in [5, 5.41) is 10.3. The Labute approximate surface area is 108 Å². The summed E-state index contributed by atoms with van der Waals surface area (Å²) in [7, 11) is 0. The zero-order valence-electron chi connectivity index (χ0n) is 9.95. The monoisotopic (exact) mass is 253 g/mol. The maximum absolute atomic E-state index is 12.2. The summed E-state index contributed by atoms with van der Waals surface area (Å²) in [6.45, 7) is 0. The molecule has 0 fully saturated rings. The van der Waals surface area contributed by atoms with E-state index in [0.29, 0.717) is 16.5 Å². The topological polar surface area (TPSA) is 81.1 Å². The van der Waals surface area contributed by atoms with E-state index >= 15 is 0 Å². The fraction of sp³-hybridized carbons (Fsp3) is 0. The Hall–Kier alpha value is -2.82. The van der Waals surface area contributed by atoms with E-state index in [-0.39, 0.29) is 17.1 Å². The largest absolute Gasteiger partial charge is 0.507 e. The zero-order valence-corrected chi connectivity index (χ0v) is 9.95. The molecule has 5 heteroatoms. The van der Waals surface area contributed by atoms with Gasteiger partial charge in [-0.2, -0.15) is 0 Å². The van der Waals surface area contributed by atoms with E-state index in [1.165, 1.54) is 6.07 Å². The van der Waals surface area contributed by atoms with Gasteiger partial charge in [-0.15, -0.1) is 0 Å². The summed E-state index contributed by atoms with van der Waals surface area (Å²) in [4.78, 5) is 16.5. The van der Waals surface area contributed by atoms with Crippen molar-refractivity contribution >= 4 is 10.9 Å². The van der Waals surface area contributed by atoms with E-state index in [1.54, 1.807) is 42.5 Å². The van der Waals surface area contributed by atoms with E-state index in [9.17, 15) is 9.90 Å². The molecule has 3 rings (SSSR count). The van der Waals surface area contributed by atoms with Crippen LogP contribution in [-0.2, 0) is 0 Å². The van der Waals surface area contributed by atoms with Crippen LogP contribution in [0.1, 0.15) is 0 Å². The Morgan fingerprint density at radius 2 is 1.74 bits per heavy atom. The second kappa shape index (κ2) is 4.13. The van der Waals surface area contributed by atoms with Gasteiger partial charge in [-0.25, -0.2) is 9.66 Å². The molecule has 0 bridgehead atoms. The number of hydrogen-bond donors (Lipinski definition) is 2. The number of nitrogens with two attached hydrogens (primary N) is 1. The molecule has 0 radical (unpaired) electrons. The van der Waals surface area contributed by atoms with Crippen LogP contribution in [0.15, 0.2) is 53.3 Å². The van der Waals surface area contributed by atoms with Crippen LogP contribution in [0, 0.1) is 0 Å². The minimum Gasteiger partial charge on any atom is -0.507 e. The van der Waals surface area contributed by atoms with E-state index in [4.69, 9.17) is 5.84 Å². The summed E-state index contributed by atoms with van der Waals surface area (Å²) in [6, 6.07) is 13.6. The van der Waals surface area contributed by atoms with Gasteiger partial charge < -0.3 is 10.9 Å². The molecule has 0 saturated carbocycles. The molecular formula is C14H11N3O2. The first kappa shape index (κ1) is 11.3. The smallest absolute Gasteiger partial charge is 0.280 e. The number of hydrogen-bond acceptors (Lipinski definition) is 4. The number of nitrogens with zero attached hydrogens (tertiary/aromatic N) is 2. The zero-order chi connectivity index (χ0) is 13.4. The van der Waals surface area contributed by atoms with Crippen LogP contribution in [0.5, 0.6) is 5.75 Å². The quantitative estimate of drug-likeness (QED) is 0.644. The summed E-state index contributed by atoms with van der Waals surface area (Å²) in [6.07, 6.45) is 0. The number of benzene rings is 2. The van der Waals surface area contributed by atoms with E-state index < -0.39 is 0 Å². The standard InChI is InChI=1S/C14H11N3O2/c15-17-13(10-6-2-4-8-12(10)18)16-11-7-3-1-5-9(11)14(17)19/h1-8,18H,15H2. The van der Waals surface area contributed by atoms with Crippen molar-refractivity contribution in [1.82, 2.24) is 9.66 Å². The molecule has 0 aliphatic carbocycles. The van der Waals surface area contributed by atoms with Crippen LogP contribution in [0.2, 0.25) is 0 Å². The predicted octanol–water partition coefficient (Wildman–Crippen LogP) is 1.48. The molecule has 0 aliphatic heterocycles. The number of phenolic OH excluding ortho intramolecular Hbond substituents is 1. The summed E-state index contributed by atoms with van der Waals surface area (Å²) < 4.78 is 0.956. The van der Waals surface area contributed by atoms with Crippen molar-refractivity contribution in [3.05, 3.63) is 58.9 Å². The fourth-order valence-electron chi connectivity index (χ4n) is 2.00. The summed E-state index contributed by atoms with van der Waals surface area (Å²) in [5.74, 6) is 6.05. The van der Waals surface area contributed by atoms with Crippen molar-refractivity contribution in [2.75, 3.05) is 5.84 Å². The fourth-order valence-corrected chi connectivity index (χ4v) is 2.00. The highest BCUT2D eigenvalue weighted by Gasteiger charge is 2.12. The Morgan fingerprint density at radius 1 is 1.05 bits per heavy atom. The number of phenols is 1.